The summed E-state index contributed by atoms with van der Waals surface area (Å²) in [5.41, 5.74) is 2.95. The van der Waals surface area contributed by atoms with Crippen LogP contribution in [0.25, 0.3) is 0 Å². The first-order valence-corrected chi connectivity index (χ1v) is 9.24. The quantitative estimate of drug-likeness (QED) is 0.772. The fourth-order valence-electron chi connectivity index (χ4n) is 3.30. The van der Waals surface area contributed by atoms with Crippen LogP contribution >= 0.6 is 0 Å². The maximum atomic E-state index is 12.7. The molecule has 0 radical (unpaired) electrons. The minimum Gasteiger partial charge on any atom is -0.382 e. The summed E-state index contributed by atoms with van der Waals surface area (Å²) in [5.74, 6) is 0.188. The van der Waals surface area contributed by atoms with Gasteiger partial charge in [0.1, 0.15) is 0 Å². The summed E-state index contributed by atoms with van der Waals surface area (Å²) in [6, 6.07) is 5.94. The maximum Gasteiger partial charge on any atom is 0.253 e. The van der Waals surface area contributed by atoms with Crippen LogP contribution in [0, 0.1) is 19.8 Å². The average molecular weight is 346 g/mol. The van der Waals surface area contributed by atoms with Crippen molar-refractivity contribution in [3.63, 3.8) is 0 Å². The van der Waals surface area contributed by atoms with E-state index in [0.717, 1.165) is 36.0 Å². The van der Waals surface area contributed by atoms with Crippen LogP contribution in [0.15, 0.2) is 18.2 Å². The lowest BCUT2D eigenvalue weighted by Crippen LogP contribution is -2.43. The van der Waals surface area contributed by atoms with Crippen LogP contribution in [-0.2, 0) is 9.53 Å². The second-order valence-corrected chi connectivity index (χ2v) is 6.78. The Kier molecular flexibility index (Phi) is 7.44. The van der Waals surface area contributed by atoms with Crippen molar-refractivity contribution in [3.05, 3.63) is 34.9 Å². The molecule has 0 atom stereocenters. The van der Waals surface area contributed by atoms with Gasteiger partial charge in [-0.2, -0.15) is 0 Å². The van der Waals surface area contributed by atoms with E-state index in [0.29, 0.717) is 32.8 Å². The van der Waals surface area contributed by atoms with E-state index in [1.807, 2.05) is 37.8 Å². The minimum absolute atomic E-state index is 0.00962. The Balaban J connectivity index is 1.78. The number of amides is 2. The molecule has 1 N–H and O–H groups in total. The van der Waals surface area contributed by atoms with E-state index in [1.54, 1.807) is 0 Å². The van der Waals surface area contributed by atoms with Gasteiger partial charge < -0.3 is 15.0 Å². The number of hydrogen-bond acceptors (Lipinski definition) is 3. The summed E-state index contributed by atoms with van der Waals surface area (Å²) in [6.45, 7) is 9.30. The van der Waals surface area contributed by atoms with E-state index in [9.17, 15) is 9.59 Å². The molecule has 1 aliphatic heterocycles. The predicted octanol–water partition coefficient (Wildman–Crippen LogP) is 2.70. The molecule has 1 fully saturated rings. The minimum atomic E-state index is 0.00962. The number of carbonyl (C=O) groups is 2. The number of nitrogens with one attached hydrogen (secondary N) is 1. The first-order valence-electron chi connectivity index (χ1n) is 9.24. The topological polar surface area (TPSA) is 58.6 Å². The zero-order valence-corrected chi connectivity index (χ0v) is 15.6. The first-order chi connectivity index (χ1) is 12.0. The molecule has 0 bridgehead atoms. The summed E-state index contributed by atoms with van der Waals surface area (Å²) >= 11 is 0. The van der Waals surface area contributed by atoms with E-state index in [-0.39, 0.29) is 17.7 Å². The van der Waals surface area contributed by atoms with Gasteiger partial charge in [-0.05, 0) is 52.2 Å². The van der Waals surface area contributed by atoms with E-state index in [4.69, 9.17) is 4.74 Å². The molecular formula is C20H30N2O3. The summed E-state index contributed by atoms with van der Waals surface area (Å²) in [4.78, 5) is 26.7. The van der Waals surface area contributed by atoms with E-state index < -0.39 is 0 Å². The molecule has 0 aromatic heterocycles. The van der Waals surface area contributed by atoms with Crippen LogP contribution in [0.3, 0.4) is 0 Å². The number of benzene rings is 1. The second-order valence-electron chi connectivity index (χ2n) is 6.78. The van der Waals surface area contributed by atoms with Crippen LogP contribution in [0.4, 0.5) is 0 Å². The molecule has 0 unspecified atom stereocenters. The van der Waals surface area contributed by atoms with Gasteiger partial charge in [0.25, 0.3) is 5.91 Å². The van der Waals surface area contributed by atoms with Crippen LogP contribution in [0.1, 0.15) is 47.7 Å². The normalized spacial score (nSPS) is 15.2. The Morgan fingerprint density at radius 2 is 1.80 bits per heavy atom. The van der Waals surface area contributed by atoms with Gasteiger partial charge in [0, 0.05) is 44.3 Å². The monoisotopic (exact) mass is 346 g/mol. The number of carbonyl (C=O) groups excluding carboxylic acids is 2. The smallest absolute Gasteiger partial charge is 0.253 e. The Labute approximate surface area is 150 Å². The molecule has 2 amide bonds. The summed E-state index contributed by atoms with van der Waals surface area (Å²) in [5, 5.41) is 2.98. The van der Waals surface area contributed by atoms with Gasteiger partial charge >= 0.3 is 0 Å². The molecule has 25 heavy (non-hydrogen) atoms. The molecule has 1 saturated heterocycles. The highest BCUT2D eigenvalue weighted by Crippen LogP contribution is 2.20. The number of piperidine rings is 1. The molecule has 1 aromatic carbocycles. The molecule has 138 valence electrons. The van der Waals surface area contributed by atoms with E-state index in [2.05, 4.69) is 11.4 Å². The van der Waals surface area contributed by atoms with Crippen molar-refractivity contribution in [1.82, 2.24) is 10.2 Å². The van der Waals surface area contributed by atoms with E-state index in [1.165, 1.54) is 0 Å². The molecule has 1 heterocycles. The largest absolute Gasteiger partial charge is 0.382 e. The standard InChI is InChI=1S/C20H30N2O3/c1-4-25-11-5-8-21-19(23)17-6-9-22(10-7-17)20(24)18-13-15(2)12-16(3)14-18/h12-14,17H,4-11H2,1-3H3,(H,21,23). The fraction of sp³-hybridized carbons (Fsp3) is 0.600. The fourth-order valence-corrected chi connectivity index (χ4v) is 3.30. The van der Waals surface area contributed by atoms with Crippen molar-refractivity contribution >= 4 is 11.8 Å². The van der Waals surface area contributed by atoms with E-state index >= 15 is 0 Å². The Morgan fingerprint density at radius 3 is 2.40 bits per heavy atom. The predicted molar refractivity (Wildman–Crippen MR) is 98.7 cm³/mol. The van der Waals surface area contributed by atoms with Gasteiger partial charge in [-0.25, -0.2) is 0 Å². The van der Waals surface area contributed by atoms with Crippen LogP contribution in [0.5, 0.6) is 0 Å². The number of rotatable bonds is 7. The lowest BCUT2D eigenvalue weighted by atomic mass is 9.95. The number of aryl methyl sites for hydroxylation is 2. The van der Waals surface area contributed by atoms with Gasteiger partial charge in [-0.1, -0.05) is 17.2 Å². The Hall–Kier alpha value is -1.88. The maximum absolute atomic E-state index is 12.7. The van der Waals surface area contributed by atoms with Crippen molar-refractivity contribution in [3.8, 4) is 0 Å². The number of ether oxygens (including phenoxy) is 1. The van der Waals surface area contributed by atoms with Crippen LogP contribution < -0.4 is 5.32 Å². The van der Waals surface area contributed by atoms with Crippen molar-refractivity contribution in [2.24, 2.45) is 5.92 Å². The molecular weight excluding hydrogens is 316 g/mol. The van der Waals surface area contributed by atoms with Gasteiger partial charge in [-0.15, -0.1) is 0 Å². The van der Waals surface area contributed by atoms with Gasteiger partial charge in [0.2, 0.25) is 5.91 Å². The lowest BCUT2D eigenvalue weighted by Gasteiger charge is -2.31. The molecule has 5 heteroatoms. The number of likely N-dealkylation sites (tertiary alicyclic amines) is 1. The molecule has 0 spiro atoms. The molecule has 5 nitrogen and oxygen atoms in total. The number of hydrogen-bond donors (Lipinski definition) is 1. The Morgan fingerprint density at radius 1 is 1.16 bits per heavy atom. The Bertz CT molecular complexity index is 572. The zero-order chi connectivity index (χ0) is 18.2. The SMILES string of the molecule is CCOCCCNC(=O)C1CCN(C(=O)c2cc(C)cc(C)c2)CC1. The summed E-state index contributed by atoms with van der Waals surface area (Å²) < 4.78 is 5.26. The van der Waals surface area contributed by atoms with Crippen molar-refractivity contribution in [2.45, 2.75) is 40.0 Å². The van der Waals surface area contributed by atoms with Crippen molar-refractivity contribution < 1.29 is 14.3 Å². The third-order valence-electron chi connectivity index (χ3n) is 4.59. The van der Waals surface area contributed by atoms with Gasteiger partial charge in [-0.3, -0.25) is 9.59 Å². The molecule has 0 saturated carbocycles. The molecule has 1 aromatic rings. The second kappa shape index (κ2) is 9.56. The molecule has 1 aliphatic rings. The number of nitrogens with zero attached hydrogens (tertiary/aromatic N) is 1. The van der Waals surface area contributed by atoms with Crippen molar-refractivity contribution in [1.29, 1.82) is 0 Å². The van der Waals surface area contributed by atoms with Crippen LogP contribution in [0.2, 0.25) is 0 Å². The highest BCUT2D eigenvalue weighted by Gasteiger charge is 2.27. The van der Waals surface area contributed by atoms with Crippen LogP contribution in [-0.4, -0.2) is 49.6 Å². The highest BCUT2D eigenvalue weighted by atomic mass is 16.5. The average Bonchev–Trinajstić information content (AvgIpc) is 2.60. The first kappa shape index (κ1) is 19.4. The summed E-state index contributed by atoms with van der Waals surface area (Å²) in [6.07, 6.45) is 2.30. The zero-order valence-electron chi connectivity index (χ0n) is 15.6. The third kappa shape index (κ3) is 5.85. The van der Waals surface area contributed by atoms with Gasteiger partial charge in [0.05, 0.1) is 0 Å². The van der Waals surface area contributed by atoms with Gasteiger partial charge in [0.15, 0.2) is 0 Å². The molecule has 2 rings (SSSR count). The van der Waals surface area contributed by atoms with Crippen molar-refractivity contribution in [2.75, 3.05) is 32.8 Å². The lowest BCUT2D eigenvalue weighted by molar-refractivity contribution is -0.126. The molecule has 0 aliphatic carbocycles. The highest BCUT2D eigenvalue weighted by molar-refractivity contribution is 5.94. The summed E-state index contributed by atoms with van der Waals surface area (Å²) in [7, 11) is 0. The third-order valence-corrected chi connectivity index (χ3v) is 4.59.